The zero-order valence-electron chi connectivity index (χ0n) is 10.0. The molecule has 96 valence electrons. The molecule has 2 rings (SSSR count). The summed E-state index contributed by atoms with van der Waals surface area (Å²) in [5.74, 6) is 0. The van der Waals surface area contributed by atoms with Crippen LogP contribution in [0.4, 0.5) is 5.69 Å². The Morgan fingerprint density at radius 2 is 2.39 bits per heavy atom. The third-order valence-electron chi connectivity index (χ3n) is 2.85. The maximum atomic E-state index is 10.6. The van der Waals surface area contributed by atoms with Crippen molar-refractivity contribution in [2.75, 3.05) is 6.54 Å². The predicted octanol–water partition coefficient (Wildman–Crippen LogP) is 2.38. The van der Waals surface area contributed by atoms with Gasteiger partial charge in [-0.25, -0.2) is 0 Å². The zero-order chi connectivity index (χ0) is 12.8. The molecule has 0 aromatic heterocycles. The maximum absolute atomic E-state index is 10.6. The van der Waals surface area contributed by atoms with Crippen LogP contribution in [0.3, 0.4) is 0 Å². The van der Waals surface area contributed by atoms with Gasteiger partial charge in [0.05, 0.1) is 11.2 Å². The van der Waals surface area contributed by atoms with E-state index in [0.717, 1.165) is 24.9 Å². The first-order valence-electron chi connectivity index (χ1n) is 6.00. The van der Waals surface area contributed by atoms with E-state index in [1.807, 2.05) is 12.1 Å². The van der Waals surface area contributed by atoms with Crippen molar-refractivity contribution < 1.29 is 9.66 Å². The number of allylic oxidation sites excluding steroid dienone is 1. The van der Waals surface area contributed by atoms with Crippen LogP contribution in [0, 0.1) is 10.1 Å². The standard InChI is InChI=1S/C13H16N2O3/c16-15(17)12-5-3-4-11(8-12)9-14-10-13-6-1-2-7-18-13/h2-5,7-8,13-14H,1,6,9-10H2. The molecule has 0 radical (unpaired) electrons. The Bertz CT molecular complexity index is 446. The van der Waals surface area contributed by atoms with Gasteiger partial charge in [-0.05, 0) is 24.5 Å². The van der Waals surface area contributed by atoms with E-state index < -0.39 is 0 Å². The van der Waals surface area contributed by atoms with Crippen molar-refractivity contribution in [2.24, 2.45) is 0 Å². The van der Waals surface area contributed by atoms with E-state index in [1.165, 1.54) is 6.07 Å². The largest absolute Gasteiger partial charge is 0.497 e. The summed E-state index contributed by atoms with van der Waals surface area (Å²) in [5.41, 5.74) is 1.04. The van der Waals surface area contributed by atoms with E-state index in [1.54, 1.807) is 18.4 Å². The first-order chi connectivity index (χ1) is 8.75. The molecular formula is C13H16N2O3. The third kappa shape index (κ3) is 3.56. The summed E-state index contributed by atoms with van der Waals surface area (Å²) in [6, 6.07) is 6.67. The zero-order valence-corrected chi connectivity index (χ0v) is 10.0. The number of ether oxygens (including phenoxy) is 1. The van der Waals surface area contributed by atoms with Gasteiger partial charge >= 0.3 is 0 Å². The minimum atomic E-state index is -0.376. The number of hydrogen-bond donors (Lipinski definition) is 1. The summed E-state index contributed by atoms with van der Waals surface area (Å²) < 4.78 is 5.43. The van der Waals surface area contributed by atoms with Gasteiger partial charge in [0.2, 0.25) is 0 Å². The lowest BCUT2D eigenvalue weighted by Crippen LogP contribution is -2.28. The van der Waals surface area contributed by atoms with Crippen LogP contribution in [-0.4, -0.2) is 17.6 Å². The minimum absolute atomic E-state index is 0.131. The molecule has 0 saturated carbocycles. The Hall–Kier alpha value is -1.88. The Labute approximate surface area is 106 Å². The highest BCUT2D eigenvalue weighted by atomic mass is 16.6. The molecule has 1 aliphatic rings. The Morgan fingerprint density at radius 1 is 1.50 bits per heavy atom. The number of benzene rings is 1. The monoisotopic (exact) mass is 248 g/mol. The van der Waals surface area contributed by atoms with Crippen LogP contribution in [-0.2, 0) is 11.3 Å². The van der Waals surface area contributed by atoms with E-state index in [9.17, 15) is 10.1 Å². The van der Waals surface area contributed by atoms with Gasteiger partial charge in [-0.15, -0.1) is 0 Å². The first-order valence-corrected chi connectivity index (χ1v) is 6.00. The van der Waals surface area contributed by atoms with Crippen LogP contribution in [0.2, 0.25) is 0 Å². The molecule has 5 heteroatoms. The maximum Gasteiger partial charge on any atom is 0.269 e. The summed E-state index contributed by atoms with van der Waals surface area (Å²) in [6.45, 7) is 1.37. The second-order valence-corrected chi connectivity index (χ2v) is 4.27. The van der Waals surface area contributed by atoms with Gasteiger partial charge in [-0.3, -0.25) is 10.1 Å². The van der Waals surface area contributed by atoms with Gasteiger partial charge in [0, 0.05) is 25.2 Å². The summed E-state index contributed by atoms with van der Waals surface area (Å²) in [7, 11) is 0. The van der Waals surface area contributed by atoms with Crippen molar-refractivity contribution in [3.63, 3.8) is 0 Å². The van der Waals surface area contributed by atoms with Crippen LogP contribution in [0.1, 0.15) is 18.4 Å². The highest BCUT2D eigenvalue weighted by Crippen LogP contribution is 2.13. The summed E-state index contributed by atoms with van der Waals surface area (Å²) in [4.78, 5) is 10.3. The molecule has 1 N–H and O–H groups in total. The molecule has 1 heterocycles. The van der Waals surface area contributed by atoms with Crippen molar-refractivity contribution in [3.8, 4) is 0 Å². The van der Waals surface area contributed by atoms with E-state index in [4.69, 9.17) is 4.74 Å². The summed E-state index contributed by atoms with van der Waals surface area (Å²) in [6.07, 6.45) is 6.01. The smallest absolute Gasteiger partial charge is 0.269 e. The molecule has 0 amide bonds. The highest BCUT2D eigenvalue weighted by molar-refractivity contribution is 5.34. The van der Waals surface area contributed by atoms with Crippen molar-refractivity contribution >= 4 is 5.69 Å². The second-order valence-electron chi connectivity index (χ2n) is 4.27. The average molecular weight is 248 g/mol. The average Bonchev–Trinajstić information content (AvgIpc) is 2.40. The molecular weight excluding hydrogens is 232 g/mol. The quantitative estimate of drug-likeness (QED) is 0.641. The summed E-state index contributed by atoms with van der Waals surface area (Å²) >= 11 is 0. The number of nitrogens with one attached hydrogen (secondary N) is 1. The van der Waals surface area contributed by atoms with Gasteiger partial charge in [0.25, 0.3) is 5.69 Å². The number of rotatable bonds is 5. The first kappa shape index (κ1) is 12.6. The van der Waals surface area contributed by atoms with Crippen LogP contribution in [0.15, 0.2) is 36.6 Å². The fraction of sp³-hybridized carbons (Fsp3) is 0.385. The Balaban J connectivity index is 1.81. The van der Waals surface area contributed by atoms with Crippen LogP contribution in [0.25, 0.3) is 0 Å². The van der Waals surface area contributed by atoms with Crippen LogP contribution in [0.5, 0.6) is 0 Å². The molecule has 0 bridgehead atoms. The summed E-state index contributed by atoms with van der Waals surface area (Å²) in [5, 5.41) is 13.9. The van der Waals surface area contributed by atoms with E-state index in [0.29, 0.717) is 6.54 Å². The number of nitrogens with zero attached hydrogens (tertiary/aromatic N) is 1. The van der Waals surface area contributed by atoms with Crippen molar-refractivity contribution in [3.05, 3.63) is 52.3 Å². The Kier molecular flexibility index (Phi) is 4.30. The minimum Gasteiger partial charge on any atom is -0.497 e. The lowest BCUT2D eigenvalue weighted by atomic mass is 10.1. The molecule has 0 fully saturated rings. The third-order valence-corrected chi connectivity index (χ3v) is 2.85. The normalized spacial score (nSPS) is 18.3. The Morgan fingerprint density at radius 3 is 3.11 bits per heavy atom. The fourth-order valence-corrected chi connectivity index (χ4v) is 1.89. The molecule has 0 saturated heterocycles. The molecule has 0 aliphatic carbocycles. The lowest BCUT2D eigenvalue weighted by Gasteiger charge is -2.19. The van der Waals surface area contributed by atoms with Gasteiger partial charge in [-0.2, -0.15) is 0 Å². The van der Waals surface area contributed by atoms with Gasteiger partial charge < -0.3 is 10.1 Å². The number of non-ortho nitro benzene ring substituents is 1. The molecule has 1 aromatic carbocycles. The molecule has 5 nitrogen and oxygen atoms in total. The van der Waals surface area contributed by atoms with Gasteiger partial charge in [0.1, 0.15) is 6.10 Å². The predicted molar refractivity (Wildman–Crippen MR) is 68.1 cm³/mol. The van der Waals surface area contributed by atoms with Gasteiger partial charge in [0.15, 0.2) is 0 Å². The number of nitro groups is 1. The number of hydrogen-bond acceptors (Lipinski definition) is 4. The topological polar surface area (TPSA) is 64.4 Å². The molecule has 1 atom stereocenters. The van der Waals surface area contributed by atoms with Gasteiger partial charge in [-0.1, -0.05) is 12.1 Å². The number of nitro benzene ring substituents is 1. The van der Waals surface area contributed by atoms with Crippen LogP contribution < -0.4 is 5.32 Å². The van der Waals surface area contributed by atoms with Crippen molar-refractivity contribution in [2.45, 2.75) is 25.5 Å². The molecule has 1 aromatic rings. The highest BCUT2D eigenvalue weighted by Gasteiger charge is 2.10. The molecule has 1 aliphatic heterocycles. The van der Waals surface area contributed by atoms with E-state index >= 15 is 0 Å². The lowest BCUT2D eigenvalue weighted by molar-refractivity contribution is -0.384. The van der Waals surface area contributed by atoms with Crippen molar-refractivity contribution in [1.82, 2.24) is 5.32 Å². The van der Waals surface area contributed by atoms with Crippen LogP contribution >= 0.6 is 0 Å². The van der Waals surface area contributed by atoms with Crippen molar-refractivity contribution in [1.29, 1.82) is 0 Å². The molecule has 18 heavy (non-hydrogen) atoms. The van der Waals surface area contributed by atoms with E-state index in [2.05, 4.69) is 5.32 Å². The van der Waals surface area contributed by atoms with E-state index in [-0.39, 0.29) is 16.7 Å². The second kappa shape index (κ2) is 6.16. The molecule has 1 unspecified atom stereocenters. The SMILES string of the molecule is O=[N+]([O-])c1cccc(CNCC2CCC=CO2)c1. The fourth-order valence-electron chi connectivity index (χ4n) is 1.89. The molecule has 0 spiro atoms.